The van der Waals surface area contributed by atoms with Crippen LogP contribution in [0.3, 0.4) is 0 Å². The molecule has 2 N–H and O–H groups in total. The van der Waals surface area contributed by atoms with E-state index in [0.29, 0.717) is 18.1 Å². The molecule has 18 heavy (non-hydrogen) atoms. The maximum Gasteiger partial charge on any atom is 0.215 e. The van der Waals surface area contributed by atoms with Gasteiger partial charge in [-0.05, 0) is 26.5 Å². The highest BCUT2D eigenvalue weighted by Crippen LogP contribution is 2.00. The summed E-state index contributed by atoms with van der Waals surface area (Å²) < 4.78 is 26.4. The Morgan fingerprint density at radius 2 is 2.17 bits per heavy atom. The second-order valence-corrected chi connectivity index (χ2v) is 6.26. The van der Waals surface area contributed by atoms with Gasteiger partial charge in [-0.2, -0.15) is 0 Å². The lowest BCUT2D eigenvalue weighted by Gasteiger charge is -2.14. The molecule has 1 heterocycles. The molecular formula is C11H20N4O2S. The summed E-state index contributed by atoms with van der Waals surface area (Å²) in [6.45, 7) is 6.78. The molecule has 0 radical (unpaired) electrons. The third-order valence-corrected chi connectivity index (χ3v) is 4.27. The summed E-state index contributed by atoms with van der Waals surface area (Å²) in [6.07, 6.45) is 1.62. The van der Waals surface area contributed by atoms with Crippen molar-refractivity contribution in [2.24, 2.45) is 0 Å². The quantitative estimate of drug-likeness (QED) is 0.741. The van der Waals surface area contributed by atoms with Crippen LogP contribution < -0.4 is 10.0 Å². The lowest BCUT2D eigenvalue weighted by molar-refractivity contribution is 0.559. The summed E-state index contributed by atoms with van der Waals surface area (Å²) in [7, 11) is -3.32. The average molecular weight is 272 g/mol. The van der Waals surface area contributed by atoms with Gasteiger partial charge in [-0.15, -0.1) is 0 Å². The molecule has 0 spiro atoms. The van der Waals surface area contributed by atoms with Gasteiger partial charge in [0.1, 0.15) is 5.82 Å². The molecule has 6 nitrogen and oxygen atoms in total. The highest BCUT2D eigenvalue weighted by atomic mass is 32.2. The first-order valence-electron chi connectivity index (χ1n) is 5.93. The average Bonchev–Trinajstić information content (AvgIpc) is 2.33. The van der Waals surface area contributed by atoms with Crippen LogP contribution in [-0.2, 0) is 16.6 Å². The molecule has 0 aromatic carbocycles. The van der Waals surface area contributed by atoms with Crippen molar-refractivity contribution >= 4 is 10.0 Å². The van der Waals surface area contributed by atoms with E-state index in [9.17, 15) is 8.42 Å². The van der Waals surface area contributed by atoms with Crippen LogP contribution in [0.15, 0.2) is 12.3 Å². The van der Waals surface area contributed by atoms with Crippen molar-refractivity contribution in [1.29, 1.82) is 0 Å². The van der Waals surface area contributed by atoms with E-state index >= 15 is 0 Å². The van der Waals surface area contributed by atoms with Crippen molar-refractivity contribution in [1.82, 2.24) is 20.0 Å². The number of aryl methyl sites for hydroxylation is 1. The molecule has 1 rings (SSSR count). The second kappa shape index (κ2) is 6.77. The standard InChI is InChI=1S/C11H20N4O2S/c1-4-12-7-9(2)18(16,17)14-8-11-5-6-13-10(3)15-11/h5-6,9,12,14H,4,7-8H2,1-3H3. The van der Waals surface area contributed by atoms with Crippen molar-refractivity contribution in [3.63, 3.8) is 0 Å². The minimum atomic E-state index is -3.32. The fraction of sp³-hybridized carbons (Fsp3) is 0.636. The van der Waals surface area contributed by atoms with E-state index in [1.165, 1.54) is 0 Å². The summed E-state index contributed by atoms with van der Waals surface area (Å²) in [5, 5.41) is 2.54. The first-order valence-corrected chi connectivity index (χ1v) is 7.48. The Morgan fingerprint density at radius 1 is 1.44 bits per heavy atom. The van der Waals surface area contributed by atoms with Gasteiger partial charge in [0.15, 0.2) is 0 Å². The van der Waals surface area contributed by atoms with Gasteiger partial charge in [-0.25, -0.2) is 23.1 Å². The summed E-state index contributed by atoms with van der Waals surface area (Å²) >= 11 is 0. The van der Waals surface area contributed by atoms with E-state index in [4.69, 9.17) is 0 Å². The van der Waals surface area contributed by atoms with Crippen LogP contribution in [0.1, 0.15) is 25.4 Å². The molecule has 0 bridgehead atoms. The normalized spacial score (nSPS) is 13.5. The van der Waals surface area contributed by atoms with Gasteiger partial charge in [0.25, 0.3) is 0 Å². The lowest BCUT2D eigenvalue weighted by Crippen LogP contribution is -2.38. The number of nitrogens with one attached hydrogen (secondary N) is 2. The predicted octanol–water partition coefficient (Wildman–Crippen LogP) is 0.202. The predicted molar refractivity (Wildman–Crippen MR) is 70.5 cm³/mol. The Morgan fingerprint density at radius 3 is 2.78 bits per heavy atom. The van der Waals surface area contributed by atoms with Gasteiger partial charge in [0.05, 0.1) is 17.5 Å². The van der Waals surface area contributed by atoms with Crippen LogP contribution in [0.25, 0.3) is 0 Å². The molecule has 1 atom stereocenters. The van der Waals surface area contributed by atoms with Gasteiger partial charge in [0, 0.05) is 12.7 Å². The summed E-state index contributed by atoms with van der Waals surface area (Å²) in [4.78, 5) is 8.11. The van der Waals surface area contributed by atoms with E-state index in [-0.39, 0.29) is 6.54 Å². The third-order valence-electron chi connectivity index (χ3n) is 2.50. The third kappa shape index (κ3) is 4.67. The minimum absolute atomic E-state index is 0.197. The van der Waals surface area contributed by atoms with Crippen LogP contribution in [0.5, 0.6) is 0 Å². The molecule has 102 valence electrons. The van der Waals surface area contributed by atoms with Crippen molar-refractivity contribution in [3.8, 4) is 0 Å². The Labute approximate surface area is 108 Å². The zero-order valence-electron chi connectivity index (χ0n) is 11.0. The highest BCUT2D eigenvalue weighted by Gasteiger charge is 2.19. The lowest BCUT2D eigenvalue weighted by atomic mass is 10.4. The number of nitrogens with zero attached hydrogens (tertiary/aromatic N) is 2. The molecule has 0 saturated heterocycles. The minimum Gasteiger partial charge on any atom is -0.316 e. The SMILES string of the molecule is CCNCC(C)S(=O)(=O)NCc1ccnc(C)n1. The topological polar surface area (TPSA) is 84.0 Å². The van der Waals surface area contributed by atoms with Crippen molar-refractivity contribution in [3.05, 3.63) is 23.8 Å². The number of hydrogen-bond acceptors (Lipinski definition) is 5. The van der Waals surface area contributed by atoms with Crippen molar-refractivity contribution in [2.75, 3.05) is 13.1 Å². The molecule has 1 unspecified atom stereocenters. The monoisotopic (exact) mass is 272 g/mol. The van der Waals surface area contributed by atoms with Crippen LogP contribution in [0.4, 0.5) is 0 Å². The van der Waals surface area contributed by atoms with E-state index < -0.39 is 15.3 Å². The fourth-order valence-electron chi connectivity index (χ4n) is 1.38. The summed E-state index contributed by atoms with van der Waals surface area (Å²) in [5.41, 5.74) is 0.668. The molecule has 0 fully saturated rings. The maximum absolute atomic E-state index is 11.9. The first kappa shape index (κ1) is 15.0. The van der Waals surface area contributed by atoms with E-state index in [1.54, 1.807) is 26.1 Å². The van der Waals surface area contributed by atoms with Gasteiger partial charge in [-0.3, -0.25) is 0 Å². The molecule has 1 aromatic heterocycles. The molecular weight excluding hydrogens is 252 g/mol. The highest BCUT2D eigenvalue weighted by molar-refractivity contribution is 7.90. The zero-order chi connectivity index (χ0) is 13.6. The van der Waals surface area contributed by atoms with E-state index in [1.807, 2.05) is 6.92 Å². The molecule has 1 aromatic rings. The number of hydrogen-bond donors (Lipinski definition) is 2. The van der Waals surface area contributed by atoms with Gasteiger partial charge in [-0.1, -0.05) is 6.92 Å². The molecule has 0 aliphatic carbocycles. The number of sulfonamides is 1. The Hall–Kier alpha value is -1.05. The number of rotatable bonds is 7. The number of aromatic nitrogens is 2. The second-order valence-electron chi connectivity index (χ2n) is 4.08. The summed E-state index contributed by atoms with van der Waals surface area (Å²) in [6, 6.07) is 1.70. The van der Waals surface area contributed by atoms with Crippen molar-refractivity contribution in [2.45, 2.75) is 32.6 Å². The van der Waals surface area contributed by atoms with Crippen LogP contribution in [0.2, 0.25) is 0 Å². The van der Waals surface area contributed by atoms with E-state index in [0.717, 1.165) is 6.54 Å². The van der Waals surface area contributed by atoms with Crippen LogP contribution >= 0.6 is 0 Å². The van der Waals surface area contributed by atoms with Gasteiger partial charge < -0.3 is 5.32 Å². The Bertz CT molecular complexity index is 476. The van der Waals surface area contributed by atoms with Crippen LogP contribution in [0, 0.1) is 6.92 Å². The largest absolute Gasteiger partial charge is 0.316 e. The van der Waals surface area contributed by atoms with Crippen molar-refractivity contribution < 1.29 is 8.42 Å². The van der Waals surface area contributed by atoms with Gasteiger partial charge >= 0.3 is 0 Å². The molecule has 7 heteroatoms. The molecule has 0 saturated carbocycles. The fourth-order valence-corrected chi connectivity index (χ4v) is 2.35. The molecule has 0 amide bonds. The summed E-state index contributed by atoms with van der Waals surface area (Å²) in [5.74, 6) is 0.632. The molecule has 0 aliphatic rings. The van der Waals surface area contributed by atoms with E-state index in [2.05, 4.69) is 20.0 Å². The Kier molecular flexibility index (Phi) is 5.64. The molecule has 0 aliphatic heterocycles. The van der Waals surface area contributed by atoms with Gasteiger partial charge in [0.2, 0.25) is 10.0 Å². The smallest absolute Gasteiger partial charge is 0.215 e. The maximum atomic E-state index is 11.9. The Balaban J connectivity index is 2.56. The van der Waals surface area contributed by atoms with Crippen LogP contribution in [-0.4, -0.2) is 36.7 Å². The zero-order valence-corrected chi connectivity index (χ0v) is 11.8. The first-order chi connectivity index (χ1) is 8.45.